The molecule has 1 amide bonds. The summed E-state index contributed by atoms with van der Waals surface area (Å²) in [7, 11) is 1.86. The van der Waals surface area contributed by atoms with Crippen molar-refractivity contribution in [1.82, 2.24) is 4.90 Å². The Morgan fingerprint density at radius 2 is 2.00 bits per heavy atom. The van der Waals surface area contributed by atoms with Crippen LogP contribution in [0.1, 0.15) is 34.9 Å². The summed E-state index contributed by atoms with van der Waals surface area (Å²) in [6, 6.07) is 11.9. The van der Waals surface area contributed by atoms with E-state index in [0.717, 1.165) is 5.56 Å². The van der Waals surface area contributed by atoms with Gasteiger partial charge in [-0.15, -0.1) is 11.3 Å². The van der Waals surface area contributed by atoms with Crippen molar-refractivity contribution in [3.05, 3.63) is 57.8 Å². The molecular formula is C17H22N2OS. The second-order valence-corrected chi connectivity index (χ2v) is 6.33. The number of amides is 1. The smallest absolute Gasteiger partial charge is 0.222 e. The minimum absolute atomic E-state index is 0.0768. The number of rotatable bonds is 6. The molecule has 3 nitrogen and oxygen atoms in total. The Kier molecular flexibility index (Phi) is 5.53. The van der Waals surface area contributed by atoms with Crippen LogP contribution in [-0.2, 0) is 11.3 Å². The number of hydrogen-bond donors (Lipinski definition) is 1. The van der Waals surface area contributed by atoms with Crippen LogP contribution in [0.2, 0.25) is 0 Å². The molecule has 1 aromatic carbocycles. The number of carbonyl (C=O) groups is 1. The van der Waals surface area contributed by atoms with Gasteiger partial charge >= 0.3 is 0 Å². The summed E-state index contributed by atoms with van der Waals surface area (Å²) in [5, 5.41) is 2.06. The molecule has 1 aromatic heterocycles. The molecule has 0 spiro atoms. The minimum atomic E-state index is -0.0768. The molecule has 4 heteroatoms. The van der Waals surface area contributed by atoms with E-state index < -0.39 is 0 Å². The summed E-state index contributed by atoms with van der Waals surface area (Å²) >= 11 is 1.70. The van der Waals surface area contributed by atoms with Crippen molar-refractivity contribution in [2.75, 3.05) is 7.05 Å². The lowest BCUT2D eigenvalue weighted by atomic mass is 10.0. The van der Waals surface area contributed by atoms with Crippen LogP contribution in [0, 0.1) is 6.92 Å². The summed E-state index contributed by atoms with van der Waals surface area (Å²) in [6.07, 6.45) is 1.16. The molecule has 1 heterocycles. The topological polar surface area (TPSA) is 46.3 Å². The van der Waals surface area contributed by atoms with E-state index in [1.54, 1.807) is 16.2 Å². The number of benzene rings is 1. The predicted octanol–water partition coefficient (Wildman–Crippen LogP) is 3.50. The minimum Gasteiger partial charge on any atom is -0.341 e. The van der Waals surface area contributed by atoms with Gasteiger partial charge in [-0.1, -0.05) is 30.3 Å². The zero-order valence-corrected chi connectivity index (χ0v) is 13.4. The molecule has 2 N–H and O–H groups in total. The zero-order valence-electron chi connectivity index (χ0n) is 12.6. The Bertz CT molecular complexity index is 579. The van der Waals surface area contributed by atoms with E-state index in [9.17, 15) is 4.79 Å². The summed E-state index contributed by atoms with van der Waals surface area (Å²) in [4.78, 5) is 15.2. The molecule has 0 radical (unpaired) electrons. The maximum atomic E-state index is 12.2. The first-order valence-corrected chi connectivity index (χ1v) is 8.03. The second-order valence-electron chi connectivity index (χ2n) is 5.33. The molecule has 0 saturated carbocycles. The van der Waals surface area contributed by atoms with E-state index in [1.165, 1.54) is 10.4 Å². The van der Waals surface area contributed by atoms with Crippen molar-refractivity contribution in [3.8, 4) is 0 Å². The predicted molar refractivity (Wildman–Crippen MR) is 88.1 cm³/mol. The number of thiophene rings is 1. The molecule has 0 saturated heterocycles. The molecular weight excluding hydrogens is 280 g/mol. The summed E-state index contributed by atoms with van der Waals surface area (Å²) in [5.74, 6) is 0.147. The SMILES string of the molecule is Cc1ccsc1CN(C)C(=O)CCC(N)c1ccccc1. The third kappa shape index (κ3) is 4.41. The first kappa shape index (κ1) is 15.7. The maximum Gasteiger partial charge on any atom is 0.222 e. The van der Waals surface area contributed by atoms with E-state index in [1.807, 2.05) is 37.4 Å². The van der Waals surface area contributed by atoms with Gasteiger partial charge in [-0.05, 0) is 35.9 Å². The van der Waals surface area contributed by atoms with Gasteiger partial charge in [0.2, 0.25) is 5.91 Å². The van der Waals surface area contributed by atoms with Gasteiger partial charge in [0.25, 0.3) is 0 Å². The molecule has 1 atom stereocenters. The van der Waals surface area contributed by atoms with Crippen LogP contribution in [-0.4, -0.2) is 17.9 Å². The highest BCUT2D eigenvalue weighted by molar-refractivity contribution is 7.10. The third-order valence-electron chi connectivity index (χ3n) is 3.67. The van der Waals surface area contributed by atoms with Crippen molar-refractivity contribution in [1.29, 1.82) is 0 Å². The van der Waals surface area contributed by atoms with E-state index in [0.29, 0.717) is 19.4 Å². The number of nitrogens with two attached hydrogens (primary N) is 1. The van der Waals surface area contributed by atoms with Gasteiger partial charge in [0.15, 0.2) is 0 Å². The van der Waals surface area contributed by atoms with Crippen LogP contribution >= 0.6 is 11.3 Å². The van der Waals surface area contributed by atoms with Gasteiger partial charge in [0.05, 0.1) is 6.54 Å². The van der Waals surface area contributed by atoms with Gasteiger partial charge < -0.3 is 10.6 Å². The van der Waals surface area contributed by atoms with Crippen molar-refractivity contribution < 1.29 is 4.79 Å². The first-order chi connectivity index (χ1) is 10.1. The van der Waals surface area contributed by atoms with Crippen LogP contribution in [0.5, 0.6) is 0 Å². The van der Waals surface area contributed by atoms with Gasteiger partial charge in [-0.25, -0.2) is 0 Å². The molecule has 1 unspecified atom stereocenters. The fourth-order valence-corrected chi connectivity index (χ4v) is 3.16. The van der Waals surface area contributed by atoms with Gasteiger partial charge in [-0.3, -0.25) is 4.79 Å². The standard InChI is InChI=1S/C17H22N2OS/c1-13-10-11-21-16(13)12-19(2)17(20)9-8-15(18)14-6-4-3-5-7-14/h3-7,10-11,15H,8-9,12,18H2,1-2H3. The molecule has 0 aliphatic heterocycles. The van der Waals surface area contributed by atoms with Crippen LogP contribution in [0.15, 0.2) is 41.8 Å². The van der Waals surface area contributed by atoms with E-state index in [-0.39, 0.29) is 11.9 Å². The van der Waals surface area contributed by atoms with Gasteiger partial charge in [-0.2, -0.15) is 0 Å². The molecule has 0 fully saturated rings. The Morgan fingerprint density at radius 3 is 2.62 bits per heavy atom. The molecule has 2 rings (SSSR count). The lowest BCUT2D eigenvalue weighted by Gasteiger charge is -2.18. The Hall–Kier alpha value is -1.65. The van der Waals surface area contributed by atoms with Crippen molar-refractivity contribution in [2.24, 2.45) is 5.73 Å². The largest absolute Gasteiger partial charge is 0.341 e. The molecule has 0 aliphatic carbocycles. The fourth-order valence-electron chi connectivity index (χ4n) is 2.21. The number of nitrogens with zero attached hydrogens (tertiary/aromatic N) is 1. The average molecular weight is 302 g/mol. The highest BCUT2D eigenvalue weighted by Crippen LogP contribution is 2.19. The lowest BCUT2D eigenvalue weighted by molar-refractivity contribution is -0.130. The molecule has 0 bridgehead atoms. The molecule has 21 heavy (non-hydrogen) atoms. The third-order valence-corrected chi connectivity index (χ3v) is 4.68. The Balaban J connectivity index is 1.83. The fraction of sp³-hybridized carbons (Fsp3) is 0.353. The van der Waals surface area contributed by atoms with E-state index in [4.69, 9.17) is 5.73 Å². The highest BCUT2D eigenvalue weighted by atomic mass is 32.1. The van der Waals surface area contributed by atoms with E-state index >= 15 is 0 Å². The van der Waals surface area contributed by atoms with Gasteiger partial charge in [0, 0.05) is 24.4 Å². The van der Waals surface area contributed by atoms with Crippen molar-refractivity contribution >= 4 is 17.2 Å². The Labute approximate surface area is 130 Å². The summed E-state index contributed by atoms with van der Waals surface area (Å²) < 4.78 is 0. The van der Waals surface area contributed by atoms with Crippen LogP contribution in [0.4, 0.5) is 0 Å². The van der Waals surface area contributed by atoms with Crippen LogP contribution < -0.4 is 5.73 Å². The van der Waals surface area contributed by atoms with Crippen LogP contribution in [0.25, 0.3) is 0 Å². The Morgan fingerprint density at radius 1 is 1.29 bits per heavy atom. The highest BCUT2D eigenvalue weighted by Gasteiger charge is 2.14. The molecule has 0 aliphatic rings. The van der Waals surface area contributed by atoms with Crippen LogP contribution in [0.3, 0.4) is 0 Å². The molecule has 2 aromatic rings. The first-order valence-electron chi connectivity index (χ1n) is 7.15. The van der Waals surface area contributed by atoms with Crippen molar-refractivity contribution in [3.63, 3.8) is 0 Å². The van der Waals surface area contributed by atoms with Crippen molar-refractivity contribution in [2.45, 2.75) is 32.4 Å². The second kappa shape index (κ2) is 7.38. The lowest BCUT2D eigenvalue weighted by Crippen LogP contribution is -2.27. The van der Waals surface area contributed by atoms with Gasteiger partial charge in [0.1, 0.15) is 0 Å². The molecule has 112 valence electrons. The number of aryl methyl sites for hydroxylation is 1. The van der Waals surface area contributed by atoms with E-state index in [2.05, 4.69) is 18.4 Å². The quantitative estimate of drug-likeness (QED) is 0.888. The monoisotopic (exact) mass is 302 g/mol. The normalized spacial score (nSPS) is 12.1. The maximum absolute atomic E-state index is 12.2. The zero-order chi connectivity index (χ0) is 15.2. The summed E-state index contributed by atoms with van der Waals surface area (Å²) in [5.41, 5.74) is 8.47. The number of carbonyl (C=O) groups excluding carboxylic acids is 1. The summed E-state index contributed by atoms with van der Waals surface area (Å²) in [6.45, 7) is 2.76. The number of hydrogen-bond acceptors (Lipinski definition) is 3. The average Bonchev–Trinajstić information content (AvgIpc) is 2.90.